The molecule has 144 valence electrons. The zero-order valence-electron chi connectivity index (χ0n) is 15.2. The molecule has 0 unspecified atom stereocenters. The number of nitrogens with zero attached hydrogens (tertiary/aromatic N) is 1. The van der Waals surface area contributed by atoms with Gasteiger partial charge in [-0.15, -0.1) is 0 Å². The van der Waals surface area contributed by atoms with Crippen molar-refractivity contribution in [1.82, 2.24) is 5.32 Å². The molecule has 6 nitrogen and oxygen atoms in total. The standard InChI is InChI=1S/C20H17IN2O4S/c1-3-27-15-10-12(9-14(21)17(15)26-2)11-16-19(25)23-20(28-16)22-18(24)13-7-5-4-6-8-13/h4-11H,3H2,1-2H3,(H,22,23,24,25)/b16-11-. The van der Waals surface area contributed by atoms with E-state index in [9.17, 15) is 9.59 Å². The minimum atomic E-state index is -0.401. The third-order valence-electron chi connectivity index (χ3n) is 3.71. The van der Waals surface area contributed by atoms with Crippen molar-refractivity contribution in [2.24, 2.45) is 4.99 Å². The molecule has 1 heterocycles. The Morgan fingerprint density at radius 3 is 2.71 bits per heavy atom. The highest BCUT2D eigenvalue weighted by Crippen LogP contribution is 2.35. The van der Waals surface area contributed by atoms with Gasteiger partial charge in [-0.3, -0.25) is 9.59 Å². The highest BCUT2D eigenvalue weighted by Gasteiger charge is 2.25. The molecule has 0 radical (unpaired) electrons. The molecule has 28 heavy (non-hydrogen) atoms. The quantitative estimate of drug-likeness (QED) is 0.487. The molecule has 1 aliphatic heterocycles. The van der Waals surface area contributed by atoms with Crippen molar-refractivity contribution < 1.29 is 19.1 Å². The van der Waals surface area contributed by atoms with Crippen LogP contribution in [0.2, 0.25) is 0 Å². The van der Waals surface area contributed by atoms with E-state index in [0.29, 0.717) is 28.6 Å². The summed E-state index contributed by atoms with van der Waals surface area (Å²) in [6, 6.07) is 12.4. The van der Waals surface area contributed by atoms with Gasteiger partial charge in [0, 0.05) is 5.56 Å². The van der Waals surface area contributed by atoms with Crippen LogP contribution in [0.4, 0.5) is 0 Å². The topological polar surface area (TPSA) is 77.0 Å². The Kier molecular flexibility index (Phi) is 6.74. The second kappa shape index (κ2) is 9.24. The number of thioether (sulfide) groups is 1. The van der Waals surface area contributed by atoms with Gasteiger partial charge in [0.2, 0.25) is 0 Å². The average Bonchev–Trinajstić information content (AvgIpc) is 3.01. The van der Waals surface area contributed by atoms with Crippen molar-refractivity contribution in [3.05, 3.63) is 62.1 Å². The van der Waals surface area contributed by atoms with Crippen LogP contribution in [0, 0.1) is 3.57 Å². The number of ether oxygens (including phenoxy) is 2. The molecule has 1 saturated heterocycles. The van der Waals surface area contributed by atoms with Crippen LogP contribution in [-0.2, 0) is 4.79 Å². The summed E-state index contributed by atoms with van der Waals surface area (Å²) in [4.78, 5) is 28.9. The number of hydrogen-bond acceptors (Lipinski definition) is 5. The van der Waals surface area contributed by atoms with Crippen LogP contribution in [0.15, 0.2) is 52.4 Å². The Labute approximate surface area is 180 Å². The van der Waals surface area contributed by atoms with Gasteiger partial charge >= 0.3 is 0 Å². The van der Waals surface area contributed by atoms with Crippen molar-refractivity contribution in [2.75, 3.05) is 13.7 Å². The molecule has 0 spiro atoms. The van der Waals surface area contributed by atoms with Crippen molar-refractivity contribution in [3.63, 3.8) is 0 Å². The molecule has 0 bridgehead atoms. The second-order valence-electron chi connectivity index (χ2n) is 5.62. The van der Waals surface area contributed by atoms with Gasteiger partial charge in [-0.2, -0.15) is 4.99 Å². The summed E-state index contributed by atoms with van der Waals surface area (Å²) in [5, 5.41) is 2.89. The lowest BCUT2D eigenvalue weighted by Gasteiger charge is -2.12. The SMILES string of the molecule is CCOc1cc(/C=C2\SC(=NC(=O)c3ccccc3)NC2=O)cc(I)c1OC. The Balaban J connectivity index is 1.85. The minimum Gasteiger partial charge on any atom is -0.492 e. The number of methoxy groups -OCH3 is 1. The lowest BCUT2D eigenvalue weighted by molar-refractivity contribution is -0.115. The summed E-state index contributed by atoms with van der Waals surface area (Å²) < 4.78 is 11.9. The van der Waals surface area contributed by atoms with E-state index in [4.69, 9.17) is 9.47 Å². The summed E-state index contributed by atoms with van der Waals surface area (Å²) in [7, 11) is 1.59. The van der Waals surface area contributed by atoms with Gasteiger partial charge in [-0.25, -0.2) is 0 Å². The van der Waals surface area contributed by atoms with Gasteiger partial charge in [-0.1, -0.05) is 18.2 Å². The number of amides is 2. The van der Waals surface area contributed by atoms with E-state index in [-0.39, 0.29) is 11.1 Å². The third kappa shape index (κ3) is 4.74. The first-order valence-corrected chi connectivity index (χ1v) is 10.3. The lowest BCUT2D eigenvalue weighted by Crippen LogP contribution is -2.20. The van der Waals surface area contributed by atoms with Crippen LogP contribution in [-0.4, -0.2) is 30.7 Å². The minimum absolute atomic E-state index is 0.262. The predicted octanol–water partition coefficient (Wildman–Crippen LogP) is 4.10. The largest absolute Gasteiger partial charge is 0.492 e. The van der Waals surface area contributed by atoms with Crippen LogP contribution < -0.4 is 14.8 Å². The van der Waals surface area contributed by atoms with Gasteiger partial charge < -0.3 is 14.8 Å². The van der Waals surface area contributed by atoms with Gasteiger partial charge in [0.15, 0.2) is 16.7 Å². The molecular formula is C20H17IN2O4S. The monoisotopic (exact) mass is 508 g/mol. The Hall–Kier alpha value is -2.33. The molecule has 1 aliphatic rings. The Bertz CT molecular complexity index is 974. The fourth-order valence-electron chi connectivity index (χ4n) is 2.50. The fourth-order valence-corrected chi connectivity index (χ4v) is 4.17. The number of carbonyl (C=O) groups excluding carboxylic acids is 2. The molecule has 2 aromatic rings. The van der Waals surface area contributed by atoms with E-state index < -0.39 is 5.91 Å². The maximum Gasteiger partial charge on any atom is 0.279 e. The summed E-state index contributed by atoms with van der Waals surface area (Å²) in [6.07, 6.45) is 1.74. The van der Waals surface area contributed by atoms with E-state index >= 15 is 0 Å². The molecule has 0 aliphatic carbocycles. The van der Waals surface area contributed by atoms with E-state index in [2.05, 4.69) is 32.9 Å². The maximum atomic E-state index is 12.3. The highest BCUT2D eigenvalue weighted by atomic mass is 127. The molecule has 1 fully saturated rings. The van der Waals surface area contributed by atoms with Crippen molar-refractivity contribution in [2.45, 2.75) is 6.92 Å². The molecule has 2 amide bonds. The van der Waals surface area contributed by atoms with E-state index in [1.807, 2.05) is 25.1 Å². The number of aliphatic imine (C=N–C) groups is 1. The van der Waals surface area contributed by atoms with Gasteiger partial charge in [-0.05, 0) is 77.2 Å². The molecule has 0 aromatic heterocycles. The van der Waals surface area contributed by atoms with Gasteiger partial charge in [0.25, 0.3) is 11.8 Å². The highest BCUT2D eigenvalue weighted by molar-refractivity contribution is 14.1. The first-order valence-electron chi connectivity index (χ1n) is 8.41. The summed E-state index contributed by atoms with van der Waals surface area (Å²) in [5.41, 5.74) is 1.26. The molecule has 8 heteroatoms. The van der Waals surface area contributed by atoms with Crippen molar-refractivity contribution in [3.8, 4) is 11.5 Å². The maximum absolute atomic E-state index is 12.3. The molecule has 1 N–H and O–H groups in total. The average molecular weight is 508 g/mol. The molecule has 2 aromatic carbocycles. The van der Waals surface area contributed by atoms with Crippen LogP contribution in [0.3, 0.4) is 0 Å². The number of benzene rings is 2. The van der Waals surface area contributed by atoms with E-state index in [1.54, 1.807) is 37.5 Å². The summed E-state index contributed by atoms with van der Waals surface area (Å²) in [5.74, 6) is 0.569. The lowest BCUT2D eigenvalue weighted by atomic mass is 10.2. The Morgan fingerprint density at radius 1 is 1.29 bits per heavy atom. The Morgan fingerprint density at radius 2 is 2.04 bits per heavy atom. The first kappa shape index (κ1) is 20.4. The summed E-state index contributed by atoms with van der Waals surface area (Å²) >= 11 is 3.29. The van der Waals surface area contributed by atoms with Crippen molar-refractivity contribution >= 4 is 57.4 Å². The number of halogens is 1. The first-order chi connectivity index (χ1) is 13.5. The number of carbonyl (C=O) groups is 2. The zero-order valence-corrected chi connectivity index (χ0v) is 18.2. The number of rotatable bonds is 5. The zero-order chi connectivity index (χ0) is 20.1. The van der Waals surface area contributed by atoms with Crippen molar-refractivity contribution in [1.29, 1.82) is 0 Å². The van der Waals surface area contributed by atoms with Gasteiger partial charge in [0.05, 0.1) is 22.2 Å². The number of hydrogen-bond donors (Lipinski definition) is 1. The molecule has 3 rings (SSSR count). The van der Waals surface area contributed by atoms with Crippen LogP contribution >= 0.6 is 34.4 Å². The van der Waals surface area contributed by atoms with E-state index in [0.717, 1.165) is 20.9 Å². The normalized spacial score (nSPS) is 16.3. The molecule has 0 saturated carbocycles. The third-order valence-corrected chi connectivity index (χ3v) is 5.42. The van der Waals surface area contributed by atoms with Crippen LogP contribution in [0.5, 0.6) is 11.5 Å². The fraction of sp³-hybridized carbons (Fsp3) is 0.150. The summed E-state index contributed by atoms with van der Waals surface area (Å²) in [6.45, 7) is 2.39. The smallest absolute Gasteiger partial charge is 0.279 e. The number of nitrogens with one attached hydrogen (secondary N) is 1. The van der Waals surface area contributed by atoms with Crippen LogP contribution in [0.1, 0.15) is 22.8 Å². The van der Waals surface area contributed by atoms with E-state index in [1.165, 1.54) is 0 Å². The molecular weight excluding hydrogens is 491 g/mol. The second-order valence-corrected chi connectivity index (χ2v) is 7.81. The number of amidine groups is 1. The molecule has 0 atom stereocenters. The predicted molar refractivity (Wildman–Crippen MR) is 119 cm³/mol. The van der Waals surface area contributed by atoms with Crippen LogP contribution in [0.25, 0.3) is 6.08 Å². The van der Waals surface area contributed by atoms with Gasteiger partial charge in [0.1, 0.15) is 0 Å².